The molecule has 2 rings (SSSR count). The SMILES string of the molecule is CCc1ccsc1C(Cc1cccc(C)c1)NC. The van der Waals surface area contributed by atoms with Gasteiger partial charge in [0, 0.05) is 10.9 Å². The van der Waals surface area contributed by atoms with Gasteiger partial charge < -0.3 is 5.32 Å². The molecular formula is C16H21NS. The lowest BCUT2D eigenvalue weighted by atomic mass is 10.0. The first-order valence-corrected chi connectivity index (χ1v) is 7.41. The van der Waals surface area contributed by atoms with Gasteiger partial charge in [0.1, 0.15) is 0 Å². The Labute approximate surface area is 114 Å². The van der Waals surface area contributed by atoms with Crippen molar-refractivity contribution in [1.29, 1.82) is 0 Å². The number of thiophene rings is 1. The number of benzene rings is 1. The maximum atomic E-state index is 3.46. The predicted molar refractivity (Wildman–Crippen MR) is 80.4 cm³/mol. The summed E-state index contributed by atoms with van der Waals surface area (Å²) in [6.45, 7) is 4.38. The lowest BCUT2D eigenvalue weighted by Gasteiger charge is -2.17. The third-order valence-corrected chi connectivity index (χ3v) is 4.42. The van der Waals surface area contributed by atoms with Crippen molar-refractivity contribution in [3.8, 4) is 0 Å². The second kappa shape index (κ2) is 6.17. The molecule has 96 valence electrons. The van der Waals surface area contributed by atoms with Gasteiger partial charge in [-0.1, -0.05) is 36.8 Å². The van der Waals surface area contributed by atoms with Gasteiger partial charge in [-0.05, 0) is 49.4 Å². The number of hydrogen-bond acceptors (Lipinski definition) is 2. The van der Waals surface area contributed by atoms with Crippen molar-refractivity contribution in [3.63, 3.8) is 0 Å². The number of nitrogens with one attached hydrogen (secondary N) is 1. The highest BCUT2D eigenvalue weighted by molar-refractivity contribution is 7.10. The predicted octanol–water partition coefficient (Wildman–Crippen LogP) is 4.12. The Morgan fingerprint density at radius 1 is 1.28 bits per heavy atom. The molecule has 18 heavy (non-hydrogen) atoms. The number of hydrogen-bond donors (Lipinski definition) is 1. The van der Waals surface area contributed by atoms with E-state index in [-0.39, 0.29) is 0 Å². The third-order valence-electron chi connectivity index (χ3n) is 3.35. The van der Waals surface area contributed by atoms with Gasteiger partial charge >= 0.3 is 0 Å². The summed E-state index contributed by atoms with van der Waals surface area (Å²) < 4.78 is 0. The summed E-state index contributed by atoms with van der Waals surface area (Å²) in [5, 5.41) is 5.66. The van der Waals surface area contributed by atoms with Crippen molar-refractivity contribution in [3.05, 3.63) is 57.3 Å². The molecule has 0 amide bonds. The molecule has 0 fully saturated rings. The molecule has 0 saturated heterocycles. The van der Waals surface area contributed by atoms with Crippen LogP contribution in [-0.4, -0.2) is 7.05 Å². The van der Waals surface area contributed by atoms with E-state index in [2.05, 4.69) is 61.9 Å². The fourth-order valence-electron chi connectivity index (χ4n) is 2.35. The Hall–Kier alpha value is -1.12. The molecule has 2 aromatic rings. The summed E-state index contributed by atoms with van der Waals surface area (Å²) in [5.74, 6) is 0. The van der Waals surface area contributed by atoms with Crippen LogP contribution in [0.3, 0.4) is 0 Å². The monoisotopic (exact) mass is 259 g/mol. The standard InChI is InChI=1S/C16H21NS/c1-4-14-8-9-18-16(14)15(17-3)11-13-7-5-6-12(2)10-13/h5-10,15,17H,4,11H2,1-3H3. The number of rotatable bonds is 5. The fourth-order valence-corrected chi connectivity index (χ4v) is 3.45. The van der Waals surface area contributed by atoms with Crippen LogP contribution >= 0.6 is 11.3 Å². The second-order valence-corrected chi connectivity index (χ2v) is 5.65. The van der Waals surface area contributed by atoms with Crippen molar-refractivity contribution < 1.29 is 0 Å². The largest absolute Gasteiger partial charge is 0.312 e. The van der Waals surface area contributed by atoms with E-state index in [4.69, 9.17) is 0 Å². The zero-order valence-corrected chi connectivity index (χ0v) is 12.2. The number of aryl methyl sites for hydroxylation is 2. The van der Waals surface area contributed by atoms with Gasteiger partial charge in [-0.3, -0.25) is 0 Å². The van der Waals surface area contributed by atoms with Crippen LogP contribution < -0.4 is 5.32 Å². The molecule has 1 atom stereocenters. The molecule has 0 aliphatic rings. The van der Waals surface area contributed by atoms with Gasteiger partial charge in [-0.2, -0.15) is 0 Å². The average Bonchev–Trinajstić information content (AvgIpc) is 2.84. The first-order chi connectivity index (χ1) is 8.74. The molecule has 0 aliphatic heterocycles. The van der Waals surface area contributed by atoms with Crippen LogP contribution in [0.4, 0.5) is 0 Å². The zero-order chi connectivity index (χ0) is 13.0. The molecule has 1 heterocycles. The summed E-state index contributed by atoms with van der Waals surface area (Å²) in [7, 11) is 2.06. The van der Waals surface area contributed by atoms with Crippen LogP contribution in [0.15, 0.2) is 35.7 Å². The lowest BCUT2D eigenvalue weighted by molar-refractivity contribution is 0.597. The highest BCUT2D eigenvalue weighted by Crippen LogP contribution is 2.27. The summed E-state index contributed by atoms with van der Waals surface area (Å²) in [5.41, 5.74) is 4.22. The van der Waals surface area contributed by atoms with Crippen molar-refractivity contribution in [2.24, 2.45) is 0 Å². The molecule has 1 unspecified atom stereocenters. The highest BCUT2D eigenvalue weighted by Gasteiger charge is 2.14. The van der Waals surface area contributed by atoms with Crippen LogP contribution in [0, 0.1) is 6.92 Å². The normalized spacial score (nSPS) is 12.6. The summed E-state index contributed by atoms with van der Waals surface area (Å²) in [4.78, 5) is 1.49. The van der Waals surface area contributed by atoms with E-state index in [9.17, 15) is 0 Å². The zero-order valence-electron chi connectivity index (χ0n) is 11.4. The Bertz CT molecular complexity index is 501. The minimum Gasteiger partial charge on any atom is -0.312 e. The summed E-state index contributed by atoms with van der Waals surface area (Å²) >= 11 is 1.87. The molecular weight excluding hydrogens is 238 g/mol. The minimum absolute atomic E-state index is 0.432. The van der Waals surface area contributed by atoms with E-state index < -0.39 is 0 Å². The molecule has 2 heteroatoms. The Balaban J connectivity index is 2.20. The van der Waals surface area contributed by atoms with Crippen LogP contribution in [-0.2, 0) is 12.8 Å². The highest BCUT2D eigenvalue weighted by atomic mass is 32.1. The molecule has 0 spiro atoms. The summed E-state index contributed by atoms with van der Waals surface area (Å²) in [6, 6.07) is 11.5. The van der Waals surface area contributed by atoms with E-state index in [0.717, 1.165) is 12.8 Å². The lowest BCUT2D eigenvalue weighted by Crippen LogP contribution is -2.18. The number of likely N-dealkylation sites (N-methyl/N-ethyl adjacent to an activating group) is 1. The van der Waals surface area contributed by atoms with Crippen molar-refractivity contribution >= 4 is 11.3 Å². The van der Waals surface area contributed by atoms with Crippen LogP contribution in [0.25, 0.3) is 0 Å². The Morgan fingerprint density at radius 3 is 2.78 bits per heavy atom. The van der Waals surface area contributed by atoms with E-state index in [1.807, 2.05) is 11.3 Å². The van der Waals surface area contributed by atoms with E-state index in [1.54, 1.807) is 0 Å². The third kappa shape index (κ3) is 3.01. The maximum Gasteiger partial charge on any atom is 0.0456 e. The van der Waals surface area contributed by atoms with Crippen LogP contribution in [0.2, 0.25) is 0 Å². The van der Waals surface area contributed by atoms with Gasteiger partial charge in [0.25, 0.3) is 0 Å². The minimum atomic E-state index is 0.432. The van der Waals surface area contributed by atoms with Crippen LogP contribution in [0.1, 0.15) is 34.5 Å². The van der Waals surface area contributed by atoms with Gasteiger partial charge in [-0.15, -0.1) is 11.3 Å². The molecule has 0 saturated carbocycles. The summed E-state index contributed by atoms with van der Waals surface area (Å²) in [6.07, 6.45) is 2.18. The fraction of sp³-hybridized carbons (Fsp3) is 0.375. The maximum absolute atomic E-state index is 3.46. The molecule has 0 aliphatic carbocycles. The molecule has 1 aromatic carbocycles. The van der Waals surface area contributed by atoms with Gasteiger partial charge in [0.2, 0.25) is 0 Å². The van der Waals surface area contributed by atoms with E-state index in [1.165, 1.54) is 21.6 Å². The first kappa shape index (κ1) is 13.3. The average molecular weight is 259 g/mol. The van der Waals surface area contributed by atoms with Crippen molar-refractivity contribution in [2.75, 3.05) is 7.05 Å². The second-order valence-electron chi connectivity index (χ2n) is 4.70. The van der Waals surface area contributed by atoms with Crippen LogP contribution in [0.5, 0.6) is 0 Å². The Kier molecular flexibility index (Phi) is 4.56. The van der Waals surface area contributed by atoms with Gasteiger partial charge in [0.15, 0.2) is 0 Å². The molecule has 0 radical (unpaired) electrons. The quantitative estimate of drug-likeness (QED) is 0.851. The topological polar surface area (TPSA) is 12.0 Å². The van der Waals surface area contributed by atoms with E-state index in [0.29, 0.717) is 6.04 Å². The van der Waals surface area contributed by atoms with Gasteiger partial charge in [0.05, 0.1) is 0 Å². The molecule has 1 aromatic heterocycles. The van der Waals surface area contributed by atoms with E-state index >= 15 is 0 Å². The van der Waals surface area contributed by atoms with Crippen molar-refractivity contribution in [1.82, 2.24) is 5.32 Å². The van der Waals surface area contributed by atoms with Crippen molar-refractivity contribution in [2.45, 2.75) is 32.7 Å². The molecule has 1 nitrogen and oxygen atoms in total. The van der Waals surface area contributed by atoms with Gasteiger partial charge in [-0.25, -0.2) is 0 Å². The first-order valence-electron chi connectivity index (χ1n) is 6.53. The smallest absolute Gasteiger partial charge is 0.0456 e. The molecule has 1 N–H and O–H groups in total. The molecule has 0 bridgehead atoms. The Morgan fingerprint density at radius 2 is 2.11 bits per heavy atom.